The maximum atomic E-state index is 12.3. The predicted octanol–water partition coefficient (Wildman–Crippen LogP) is 3.18. The second kappa shape index (κ2) is 7.89. The molecule has 1 aliphatic carbocycles. The number of benzene rings is 1. The molecule has 1 saturated carbocycles. The fourth-order valence-corrected chi connectivity index (χ4v) is 2.92. The van der Waals surface area contributed by atoms with Crippen LogP contribution in [0.3, 0.4) is 0 Å². The molecule has 0 spiro atoms. The summed E-state index contributed by atoms with van der Waals surface area (Å²) in [6, 6.07) is 16.0. The highest BCUT2D eigenvalue weighted by Crippen LogP contribution is 2.25. The summed E-state index contributed by atoms with van der Waals surface area (Å²) in [6.07, 6.45) is 8.83. The molecule has 4 rings (SSSR count). The van der Waals surface area contributed by atoms with E-state index in [2.05, 4.69) is 15.4 Å². The summed E-state index contributed by atoms with van der Waals surface area (Å²) in [6.45, 7) is 0.595. The average Bonchev–Trinajstić information content (AvgIpc) is 3.45. The quantitative estimate of drug-likeness (QED) is 0.534. The Hall–Kier alpha value is -3.72. The first-order chi connectivity index (χ1) is 13.7. The maximum Gasteiger partial charge on any atom is 0.262 e. The molecule has 1 amide bonds. The topological polar surface area (TPSA) is 83.6 Å². The first kappa shape index (κ1) is 17.7. The molecule has 2 aromatic heterocycles. The van der Waals surface area contributed by atoms with Gasteiger partial charge in [-0.25, -0.2) is 0 Å². The van der Waals surface area contributed by atoms with Crippen LogP contribution in [0.2, 0.25) is 0 Å². The molecule has 138 valence electrons. The molecule has 1 fully saturated rings. The third kappa shape index (κ3) is 4.15. The first-order valence-electron chi connectivity index (χ1n) is 9.17. The van der Waals surface area contributed by atoms with Crippen LogP contribution in [-0.4, -0.2) is 26.7 Å². The van der Waals surface area contributed by atoms with E-state index in [1.165, 1.54) is 0 Å². The van der Waals surface area contributed by atoms with E-state index in [4.69, 9.17) is 0 Å². The summed E-state index contributed by atoms with van der Waals surface area (Å²) >= 11 is 0. The number of nitrogens with one attached hydrogen (secondary N) is 1. The summed E-state index contributed by atoms with van der Waals surface area (Å²) in [7, 11) is 0. The third-order valence-corrected chi connectivity index (χ3v) is 4.49. The van der Waals surface area contributed by atoms with Crippen LogP contribution < -0.4 is 5.32 Å². The number of nitrogens with zero attached hydrogens (tertiary/aromatic N) is 4. The van der Waals surface area contributed by atoms with Crippen molar-refractivity contribution >= 4 is 12.0 Å². The molecule has 0 radical (unpaired) electrons. The normalized spacial score (nSPS) is 13.8. The van der Waals surface area contributed by atoms with Gasteiger partial charge >= 0.3 is 0 Å². The van der Waals surface area contributed by atoms with E-state index < -0.39 is 0 Å². The van der Waals surface area contributed by atoms with E-state index in [9.17, 15) is 10.1 Å². The molecule has 1 aromatic carbocycles. The maximum absolute atomic E-state index is 12.3. The van der Waals surface area contributed by atoms with Crippen molar-refractivity contribution in [2.45, 2.75) is 25.4 Å². The molecular weight excluding hydrogens is 350 g/mol. The first-order valence-corrected chi connectivity index (χ1v) is 9.17. The lowest BCUT2D eigenvalue weighted by Crippen LogP contribution is -2.26. The van der Waals surface area contributed by atoms with Crippen molar-refractivity contribution in [1.82, 2.24) is 20.1 Å². The van der Waals surface area contributed by atoms with Crippen molar-refractivity contribution in [2.24, 2.45) is 0 Å². The van der Waals surface area contributed by atoms with Gasteiger partial charge in [-0.1, -0.05) is 30.3 Å². The molecule has 0 atom stereocenters. The highest BCUT2D eigenvalue weighted by molar-refractivity contribution is 6.02. The van der Waals surface area contributed by atoms with E-state index >= 15 is 0 Å². The molecule has 1 aliphatic rings. The van der Waals surface area contributed by atoms with Gasteiger partial charge in [0.15, 0.2) is 0 Å². The Labute approximate surface area is 163 Å². The molecule has 0 unspecified atom stereocenters. The molecule has 3 aromatic rings. The van der Waals surface area contributed by atoms with Crippen molar-refractivity contribution in [2.75, 3.05) is 0 Å². The number of amides is 1. The number of hydrogen-bond donors (Lipinski definition) is 1. The molecular formula is C22H19N5O. The van der Waals surface area contributed by atoms with Crippen LogP contribution in [0.25, 0.3) is 17.3 Å². The minimum Gasteiger partial charge on any atom is -0.349 e. The van der Waals surface area contributed by atoms with Crippen LogP contribution >= 0.6 is 0 Å². The van der Waals surface area contributed by atoms with Gasteiger partial charge in [0.25, 0.3) is 5.91 Å². The molecule has 2 heterocycles. The van der Waals surface area contributed by atoms with E-state index in [1.54, 1.807) is 18.5 Å². The Balaban J connectivity index is 1.70. The summed E-state index contributed by atoms with van der Waals surface area (Å²) in [5.74, 6) is -0.335. The zero-order chi connectivity index (χ0) is 19.3. The monoisotopic (exact) mass is 369 g/mol. The van der Waals surface area contributed by atoms with Gasteiger partial charge < -0.3 is 5.32 Å². The van der Waals surface area contributed by atoms with E-state index in [0.717, 1.165) is 24.0 Å². The summed E-state index contributed by atoms with van der Waals surface area (Å²) in [4.78, 5) is 16.5. The third-order valence-electron chi connectivity index (χ3n) is 4.49. The van der Waals surface area contributed by atoms with Crippen molar-refractivity contribution in [3.8, 4) is 17.3 Å². The smallest absolute Gasteiger partial charge is 0.262 e. The highest BCUT2D eigenvalue weighted by atomic mass is 16.1. The van der Waals surface area contributed by atoms with Crippen LogP contribution in [0.15, 0.2) is 66.6 Å². The largest absolute Gasteiger partial charge is 0.349 e. The van der Waals surface area contributed by atoms with Gasteiger partial charge in [-0.3, -0.25) is 14.5 Å². The lowest BCUT2D eigenvalue weighted by molar-refractivity contribution is -0.117. The molecule has 28 heavy (non-hydrogen) atoms. The minimum absolute atomic E-state index is 0.0799. The van der Waals surface area contributed by atoms with Gasteiger partial charge in [0.2, 0.25) is 0 Å². The molecule has 1 N–H and O–H groups in total. The average molecular weight is 369 g/mol. The fourth-order valence-electron chi connectivity index (χ4n) is 2.92. The van der Waals surface area contributed by atoms with Crippen LogP contribution in [0.4, 0.5) is 0 Å². The molecule has 6 nitrogen and oxygen atoms in total. The van der Waals surface area contributed by atoms with Crippen molar-refractivity contribution < 1.29 is 4.79 Å². The predicted molar refractivity (Wildman–Crippen MR) is 106 cm³/mol. The standard InChI is InChI=1S/C22H19N5O/c23-12-18(22(28)25-20-8-9-20)11-19-15-27(14-16-5-2-1-3-6-16)26-21(19)17-7-4-10-24-13-17/h1-7,10-11,13,15,20H,8-9,14H2,(H,25,28)/b18-11-. The fraction of sp³-hybridized carbons (Fsp3) is 0.182. The Morgan fingerprint density at radius 3 is 2.75 bits per heavy atom. The van der Waals surface area contributed by atoms with Gasteiger partial charge in [-0.2, -0.15) is 10.4 Å². The lowest BCUT2D eigenvalue weighted by Gasteiger charge is -2.02. The summed E-state index contributed by atoms with van der Waals surface area (Å²) < 4.78 is 1.82. The Morgan fingerprint density at radius 1 is 1.25 bits per heavy atom. The number of hydrogen-bond acceptors (Lipinski definition) is 4. The van der Waals surface area contributed by atoms with Crippen LogP contribution in [0, 0.1) is 11.3 Å². The van der Waals surface area contributed by atoms with E-state index in [1.807, 2.05) is 59.4 Å². The summed E-state index contributed by atoms with van der Waals surface area (Å²) in [5, 5.41) is 17.0. The summed E-state index contributed by atoms with van der Waals surface area (Å²) in [5.41, 5.74) is 3.43. The number of aromatic nitrogens is 3. The molecule has 0 saturated heterocycles. The van der Waals surface area contributed by atoms with Crippen LogP contribution in [0.5, 0.6) is 0 Å². The van der Waals surface area contributed by atoms with Gasteiger partial charge in [-0.05, 0) is 36.6 Å². The highest BCUT2D eigenvalue weighted by Gasteiger charge is 2.25. The second-order valence-corrected chi connectivity index (χ2v) is 6.78. The van der Waals surface area contributed by atoms with E-state index in [-0.39, 0.29) is 17.5 Å². The minimum atomic E-state index is -0.335. The van der Waals surface area contributed by atoms with Gasteiger partial charge in [0.1, 0.15) is 17.3 Å². The Morgan fingerprint density at radius 2 is 2.07 bits per heavy atom. The van der Waals surface area contributed by atoms with Crippen molar-refractivity contribution in [3.05, 3.63) is 77.8 Å². The van der Waals surface area contributed by atoms with Gasteiger partial charge in [-0.15, -0.1) is 0 Å². The van der Waals surface area contributed by atoms with Crippen LogP contribution in [0.1, 0.15) is 24.0 Å². The van der Waals surface area contributed by atoms with E-state index in [0.29, 0.717) is 17.8 Å². The van der Waals surface area contributed by atoms with Crippen molar-refractivity contribution in [1.29, 1.82) is 5.26 Å². The zero-order valence-electron chi connectivity index (χ0n) is 15.2. The Bertz CT molecular complexity index is 1040. The molecule has 0 bridgehead atoms. The van der Waals surface area contributed by atoms with Crippen LogP contribution in [-0.2, 0) is 11.3 Å². The van der Waals surface area contributed by atoms with Gasteiger partial charge in [0.05, 0.1) is 6.54 Å². The lowest BCUT2D eigenvalue weighted by atomic mass is 10.1. The molecule has 0 aliphatic heterocycles. The SMILES string of the molecule is N#C/C(=C/c1cn(Cc2ccccc2)nc1-c1cccnc1)C(=O)NC1CC1. The number of pyridine rings is 1. The Kier molecular flexibility index (Phi) is 4.98. The van der Waals surface area contributed by atoms with Crippen molar-refractivity contribution in [3.63, 3.8) is 0 Å². The number of nitriles is 1. The number of rotatable bonds is 6. The van der Waals surface area contributed by atoms with Gasteiger partial charge in [0, 0.05) is 35.8 Å². The molecule has 6 heteroatoms. The number of carbonyl (C=O) groups is 1. The number of carbonyl (C=O) groups excluding carboxylic acids is 1. The zero-order valence-corrected chi connectivity index (χ0v) is 15.2. The second-order valence-electron chi connectivity index (χ2n) is 6.78.